The zero-order chi connectivity index (χ0) is 32.7. The largest absolute Gasteiger partial charge is 0.330 e. The van der Waals surface area contributed by atoms with Crippen LogP contribution in [0.25, 0.3) is 38.5 Å². The maximum Gasteiger partial charge on any atom is 0.0948 e. The highest BCUT2D eigenvalue weighted by Crippen LogP contribution is 2.60. The van der Waals surface area contributed by atoms with Gasteiger partial charge in [0.1, 0.15) is 0 Å². The minimum Gasteiger partial charge on any atom is -0.330 e. The minimum atomic E-state index is -0.0231. The molecule has 3 heteroatoms. The Labute approximate surface area is 288 Å². The Morgan fingerprint density at radius 2 is 1.55 bits per heavy atom. The van der Waals surface area contributed by atoms with Crippen molar-refractivity contribution in [3.63, 3.8) is 0 Å². The summed E-state index contributed by atoms with van der Waals surface area (Å²) < 4.78 is 2.34. The lowest BCUT2D eigenvalue weighted by atomic mass is 9.52. The molecule has 1 saturated carbocycles. The first kappa shape index (κ1) is 29.0. The first-order valence-corrected chi connectivity index (χ1v) is 18.1. The van der Waals surface area contributed by atoms with Crippen LogP contribution in [0.15, 0.2) is 132 Å². The van der Waals surface area contributed by atoms with Gasteiger partial charge in [0.25, 0.3) is 0 Å². The molecule has 4 aliphatic carbocycles. The molecule has 4 aliphatic rings. The van der Waals surface area contributed by atoms with Crippen LogP contribution < -0.4 is 5.73 Å². The van der Waals surface area contributed by atoms with Crippen LogP contribution in [-0.4, -0.2) is 17.5 Å². The molecule has 1 heterocycles. The first-order chi connectivity index (χ1) is 24.1. The van der Waals surface area contributed by atoms with Crippen molar-refractivity contribution in [1.82, 2.24) is 4.57 Å². The van der Waals surface area contributed by atoms with E-state index in [9.17, 15) is 0 Å². The smallest absolute Gasteiger partial charge is 0.0948 e. The van der Waals surface area contributed by atoms with Gasteiger partial charge in [-0.05, 0) is 94.1 Å². The van der Waals surface area contributed by atoms with E-state index in [-0.39, 0.29) is 16.9 Å². The summed E-state index contributed by atoms with van der Waals surface area (Å²) in [7, 11) is 0. The molecule has 0 aliphatic heterocycles. The molecule has 3 unspecified atom stereocenters. The number of aromatic nitrogens is 1. The highest BCUT2D eigenvalue weighted by Gasteiger charge is 2.49. The normalized spacial score (nSPS) is 21.8. The summed E-state index contributed by atoms with van der Waals surface area (Å²) in [6.07, 6.45) is 14.8. The maximum atomic E-state index is 6.22. The van der Waals surface area contributed by atoms with Crippen molar-refractivity contribution in [3.8, 4) is 11.1 Å². The fourth-order valence-corrected chi connectivity index (χ4v) is 10.1. The number of rotatable bonds is 6. The zero-order valence-corrected chi connectivity index (χ0v) is 28.1. The van der Waals surface area contributed by atoms with Gasteiger partial charge in [-0.25, -0.2) is 0 Å². The molecular weight excluding hydrogens is 595 g/mol. The second kappa shape index (κ2) is 10.8. The van der Waals surface area contributed by atoms with E-state index >= 15 is 0 Å². The van der Waals surface area contributed by atoms with Gasteiger partial charge in [0, 0.05) is 27.5 Å². The summed E-state index contributed by atoms with van der Waals surface area (Å²) in [6, 6.07) is 40.9. The Balaban J connectivity index is 1.03. The van der Waals surface area contributed by atoms with Crippen molar-refractivity contribution in [3.05, 3.63) is 161 Å². The van der Waals surface area contributed by atoms with Crippen LogP contribution in [0.1, 0.15) is 84.4 Å². The number of nitrogens with zero attached hydrogens (tertiary/aromatic N) is 2. The van der Waals surface area contributed by atoms with Gasteiger partial charge in [-0.1, -0.05) is 129 Å². The number of nitrogens with two attached hydrogens (primary N) is 1. The molecule has 3 nitrogen and oxygen atoms in total. The number of aliphatic imine (C=N–C) groups is 1. The average Bonchev–Trinajstić information content (AvgIpc) is 3.83. The molecule has 6 aromatic rings. The summed E-state index contributed by atoms with van der Waals surface area (Å²) in [5.74, 6) is 0.394. The second-order valence-corrected chi connectivity index (χ2v) is 14.9. The number of hydrogen-bond donors (Lipinski definition) is 1. The Morgan fingerprint density at radius 3 is 2.39 bits per heavy atom. The van der Waals surface area contributed by atoms with Crippen molar-refractivity contribution in [2.45, 2.75) is 61.8 Å². The standard InChI is InChI=1S/C46H41N3/c1-45-23-10-14-32(44(45)35-13-3-5-15-38(35)45)30-18-20-31(21-19-30)41(22-26-47)48-29-49-42-17-7-4-12-34(42)37-27-36-33-11-2-6-16-39(33)46(24-8-9-25-46)40(36)28-43(37)49/h2-7,10-21,23,27-29,41,44H,8-9,22,24-26,47H2,1H3/b48-29+. The van der Waals surface area contributed by atoms with Gasteiger partial charge in [-0.15, -0.1) is 0 Å². The number of fused-ring (bicyclic) bond motifs is 12. The SMILES string of the molecule is CC12C=CC=C(c3ccc(C(CCN)/N=C/n4c5ccccc5c5cc6c(cc54)C4(CCCC4)c4ccccc4-6)cc3)C1c1ccccc12. The van der Waals surface area contributed by atoms with E-state index in [0.29, 0.717) is 12.5 Å². The maximum absolute atomic E-state index is 6.22. The molecule has 10 rings (SSSR count). The Hall–Kier alpha value is -4.99. The van der Waals surface area contributed by atoms with E-state index in [1.807, 2.05) is 0 Å². The number of para-hydroxylation sites is 1. The molecule has 1 spiro atoms. The van der Waals surface area contributed by atoms with Crippen LogP contribution >= 0.6 is 0 Å². The van der Waals surface area contributed by atoms with Crippen molar-refractivity contribution < 1.29 is 0 Å². The van der Waals surface area contributed by atoms with Crippen LogP contribution in [0.3, 0.4) is 0 Å². The van der Waals surface area contributed by atoms with Gasteiger partial charge in [0.15, 0.2) is 0 Å². The third kappa shape index (κ3) is 4.03. The third-order valence-electron chi connectivity index (χ3n) is 12.5. The van der Waals surface area contributed by atoms with Crippen LogP contribution in [0.4, 0.5) is 0 Å². The highest BCUT2D eigenvalue weighted by molar-refractivity contribution is 6.13. The monoisotopic (exact) mass is 635 g/mol. The molecule has 49 heavy (non-hydrogen) atoms. The Bertz CT molecular complexity index is 2380. The predicted octanol–water partition coefficient (Wildman–Crippen LogP) is 10.6. The molecule has 3 atom stereocenters. The molecule has 0 radical (unpaired) electrons. The molecule has 0 saturated heterocycles. The summed E-state index contributed by atoms with van der Waals surface area (Å²) in [6.45, 7) is 2.96. The van der Waals surface area contributed by atoms with E-state index < -0.39 is 0 Å². The molecule has 0 amide bonds. The molecule has 1 aromatic heterocycles. The van der Waals surface area contributed by atoms with Crippen molar-refractivity contribution >= 4 is 33.7 Å². The van der Waals surface area contributed by atoms with Crippen LogP contribution in [0.2, 0.25) is 0 Å². The molecular formula is C46H41N3. The fourth-order valence-electron chi connectivity index (χ4n) is 10.1. The number of benzene rings is 5. The lowest BCUT2D eigenvalue weighted by molar-refractivity contribution is 0.463. The van der Waals surface area contributed by atoms with Gasteiger partial charge in [0.05, 0.1) is 23.4 Å². The summed E-state index contributed by atoms with van der Waals surface area (Å²) in [5, 5.41) is 2.57. The van der Waals surface area contributed by atoms with Gasteiger partial charge >= 0.3 is 0 Å². The van der Waals surface area contributed by atoms with Gasteiger partial charge in [-0.2, -0.15) is 0 Å². The van der Waals surface area contributed by atoms with Crippen molar-refractivity contribution in [2.75, 3.05) is 6.54 Å². The van der Waals surface area contributed by atoms with E-state index in [2.05, 4.69) is 145 Å². The predicted molar refractivity (Wildman–Crippen MR) is 205 cm³/mol. The number of allylic oxidation sites excluding steroid dienone is 4. The summed E-state index contributed by atoms with van der Waals surface area (Å²) in [5.41, 5.74) is 21.5. The van der Waals surface area contributed by atoms with Crippen molar-refractivity contribution in [1.29, 1.82) is 0 Å². The molecule has 0 bridgehead atoms. The lowest BCUT2D eigenvalue weighted by Crippen LogP contribution is -2.41. The van der Waals surface area contributed by atoms with Crippen LogP contribution in [-0.2, 0) is 10.8 Å². The summed E-state index contributed by atoms with van der Waals surface area (Å²) in [4.78, 5) is 5.30. The van der Waals surface area contributed by atoms with Gasteiger partial charge in [0.2, 0.25) is 0 Å². The van der Waals surface area contributed by atoms with E-state index in [4.69, 9.17) is 10.7 Å². The minimum absolute atomic E-state index is 0.0231. The van der Waals surface area contributed by atoms with Crippen molar-refractivity contribution in [2.24, 2.45) is 10.7 Å². The van der Waals surface area contributed by atoms with E-state index in [1.165, 1.54) is 97.6 Å². The first-order valence-electron chi connectivity index (χ1n) is 18.1. The molecule has 240 valence electrons. The quantitative estimate of drug-likeness (QED) is 0.144. The molecule has 1 fully saturated rings. The molecule has 5 aromatic carbocycles. The average molecular weight is 636 g/mol. The van der Waals surface area contributed by atoms with E-state index in [1.54, 1.807) is 0 Å². The number of hydrogen-bond acceptors (Lipinski definition) is 2. The lowest BCUT2D eigenvalue weighted by Gasteiger charge is -2.50. The topological polar surface area (TPSA) is 43.3 Å². The van der Waals surface area contributed by atoms with Crippen LogP contribution in [0, 0.1) is 0 Å². The molecule has 2 N–H and O–H groups in total. The highest BCUT2D eigenvalue weighted by atomic mass is 15.0. The third-order valence-corrected chi connectivity index (χ3v) is 12.5. The van der Waals surface area contributed by atoms with Gasteiger partial charge < -0.3 is 10.3 Å². The Morgan fingerprint density at radius 1 is 0.796 bits per heavy atom. The van der Waals surface area contributed by atoms with Crippen LogP contribution in [0.5, 0.6) is 0 Å². The fraction of sp³-hybridized carbons (Fsp3) is 0.239. The second-order valence-electron chi connectivity index (χ2n) is 14.9. The summed E-state index contributed by atoms with van der Waals surface area (Å²) >= 11 is 0. The Kier molecular flexibility index (Phi) is 6.36. The van der Waals surface area contributed by atoms with E-state index in [0.717, 1.165) is 6.42 Å². The van der Waals surface area contributed by atoms with Gasteiger partial charge in [-0.3, -0.25) is 4.99 Å². The zero-order valence-electron chi connectivity index (χ0n) is 28.1.